The molecule has 1 aromatic carbocycles. The van der Waals surface area contributed by atoms with E-state index in [1.54, 1.807) is 0 Å². The first-order valence-corrected chi connectivity index (χ1v) is 7.11. The van der Waals surface area contributed by atoms with Crippen LogP contribution in [0.25, 0.3) is 0 Å². The predicted molar refractivity (Wildman–Crippen MR) is 69.8 cm³/mol. The Kier molecular flexibility index (Phi) is 2.87. The molecule has 2 atom stereocenters. The maximum Gasteiger partial charge on any atom is 0.231 e. The largest absolute Gasteiger partial charge is 0.454 e. The van der Waals surface area contributed by atoms with Gasteiger partial charge in [-0.05, 0) is 24.1 Å². The first-order valence-electron chi connectivity index (χ1n) is 7.11. The smallest absolute Gasteiger partial charge is 0.231 e. The fourth-order valence-electron chi connectivity index (χ4n) is 3.39. The Morgan fingerprint density at radius 3 is 2.75 bits per heavy atom. The number of benzene rings is 1. The van der Waals surface area contributed by atoms with Crippen molar-refractivity contribution in [3.05, 3.63) is 23.8 Å². The molecule has 2 aliphatic heterocycles. The first-order chi connectivity index (χ1) is 9.76. The summed E-state index contributed by atoms with van der Waals surface area (Å²) >= 11 is 0. The molecule has 1 saturated carbocycles. The standard InChI is InChI=1S/C15H18O5/c16-12-3-4-15(19-5-6-20-15)8-11(12)10-1-2-13-14(7-10)18-9-17-13/h1-2,7,11-12,16H,3-6,8-9H2/t11-,12-/m0/s1. The normalized spacial score (nSPS) is 30.9. The number of ether oxygens (including phenoxy) is 4. The number of hydrogen-bond donors (Lipinski definition) is 1. The molecule has 1 spiro atoms. The van der Waals surface area contributed by atoms with Crippen LogP contribution in [0.5, 0.6) is 11.5 Å². The summed E-state index contributed by atoms with van der Waals surface area (Å²) in [4.78, 5) is 0. The fourth-order valence-corrected chi connectivity index (χ4v) is 3.39. The van der Waals surface area contributed by atoms with E-state index in [1.807, 2.05) is 18.2 Å². The summed E-state index contributed by atoms with van der Waals surface area (Å²) in [5, 5.41) is 10.3. The Bertz CT molecular complexity index is 509. The van der Waals surface area contributed by atoms with E-state index in [9.17, 15) is 5.11 Å². The van der Waals surface area contributed by atoms with Crippen LogP contribution in [0.1, 0.15) is 30.7 Å². The molecular formula is C15H18O5. The third-order valence-corrected chi connectivity index (χ3v) is 4.45. The number of hydrogen-bond acceptors (Lipinski definition) is 5. The molecule has 5 nitrogen and oxygen atoms in total. The van der Waals surface area contributed by atoms with Gasteiger partial charge in [0.25, 0.3) is 0 Å². The van der Waals surface area contributed by atoms with Gasteiger partial charge in [-0.1, -0.05) is 6.07 Å². The van der Waals surface area contributed by atoms with Crippen molar-refractivity contribution in [1.82, 2.24) is 0 Å². The average molecular weight is 278 g/mol. The lowest BCUT2D eigenvalue weighted by molar-refractivity contribution is -0.193. The molecule has 108 valence electrons. The van der Waals surface area contributed by atoms with Crippen LogP contribution in [0.2, 0.25) is 0 Å². The zero-order valence-corrected chi connectivity index (χ0v) is 11.2. The molecule has 0 unspecified atom stereocenters. The van der Waals surface area contributed by atoms with Crippen LogP contribution in [0, 0.1) is 0 Å². The molecule has 5 heteroatoms. The van der Waals surface area contributed by atoms with Crippen LogP contribution < -0.4 is 9.47 Å². The van der Waals surface area contributed by atoms with Gasteiger partial charge in [-0.25, -0.2) is 0 Å². The van der Waals surface area contributed by atoms with Crippen LogP contribution >= 0.6 is 0 Å². The molecule has 2 heterocycles. The molecule has 1 aliphatic carbocycles. The van der Waals surface area contributed by atoms with E-state index in [2.05, 4.69) is 0 Å². The molecule has 3 aliphatic rings. The Hall–Kier alpha value is -1.30. The van der Waals surface area contributed by atoms with E-state index in [-0.39, 0.29) is 18.8 Å². The van der Waals surface area contributed by atoms with E-state index in [1.165, 1.54) is 0 Å². The van der Waals surface area contributed by atoms with E-state index in [4.69, 9.17) is 18.9 Å². The summed E-state index contributed by atoms with van der Waals surface area (Å²) < 4.78 is 22.3. The van der Waals surface area contributed by atoms with Gasteiger partial charge in [0.1, 0.15) is 0 Å². The second-order valence-corrected chi connectivity index (χ2v) is 5.64. The van der Waals surface area contributed by atoms with Crippen molar-refractivity contribution < 1.29 is 24.1 Å². The van der Waals surface area contributed by atoms with Crippen LogP contribution in [0.4, 0.5) is 0 Å². The van der Waals surface area contributed by atoms with Crippen LogP contribution in [-0.2, 0) is 9.47 Å². The van der Waals surface area contributed by atoms with Crippen molar-refractivity contribution >= 4 is 0 Å². The van der Waals surface area contributed by atoms with Crippen molar-refractivity contribution in [1.29, 1.82) is 0 Å². The number of aliphatic hydroxyl groups excluding tert-OH is 1. The summed E-state index contributed by atoms with van der Waals surface area (Å²) in [6.45, 7) is 1.55. The SMILES string of the molecule is O[C@H]1CCC2(C[C@H]1c1ccc3c(c1)OCO3)OCCO2. The molecule has 0 radical (unpaired) electrons. The van der Waals surface area contributed by atoms with Gasteiger partial charge in [-0.2, -0.15) is 0 Å². The number of rotatable bonds is 1. The van der Waals surface area contributed by atoms with Gasteiger partial charge in [-0.15, -0.1) is 0 Å². The molecule has 4 rings (SSSR count). The summed E-state index contributed by atoms with van der Waals surface area (Å²) in [6.07, 6.45) is 1.77. The molecule has 2 fully saturated rings. The summed E-state index contributed by atoms with van der Waals surface area (Å²) in [6, 6.07) is 5.86. The molecule has 20 heavy (non-hydrogen) atoms. The molecule has 0 bridgehead atoms. The molecule has 0 aromatic heterocycles. The van der Waals surface area contributed by atoms with E-state index in [0.717, 1.165) is 23.5 Å². The maximum atomic E-state index is 10.3. The maximum absolute atomic E-state index is 10.3. The van der Waals surface area contributed by atoms with Gasteiger partial charge in [0.15, 0.2) is 17.3 Å². The molecule has 1 N–H and O–H groups in total. The van der Waals surface area contributed by atoms with Gasteiger partial charge in [0, 0.05) is 18.8 Å². The minimum Gasteiger partial charge on any atom is -0.454 e. The van der Waals surface area contributed by atoms with Gasteiger partial charge < -0.3 is 24.1 Å². The first kappa shape index (κ1) is 12.4. The van der Waals surface area contributed by atoms with E-state index < -0.39 is 5.79 Å². The zero-order chi connectivity index (χ0) is 13.6. The van der Waals surface area contributed by atoms with Gasteiger partial charge >= 0.3 is 0 Å². The van der Waals surface area contributed by atoms with Crippen molar-refractivity contribution in [3.8, 4) is 11.5 Å². The predicted octanol–water partition coefficient (Wildman–Crippen LogP) is 1.79. The number of fused-ring (bicyclic) bond motifs is 1. The van der Waals surface area contributed by atoms with E-state index in [0.29, 0.717) is 26.1 Å². The van der Waals surface area contributed by atoms with Crippen LogP contribution in [0.3, 0.4) is 0 Å². The van der Waals surface area contributed by atoms with Gasteiger partial charge in [-0.3, -0.25) is 0 Å². The van der Waals surface area contributed by atoms with Gasteiger partial charge in [0.2, 0.25) is 6.79 Å². The molecule has 1 aromatic rings. The second kappa shape index (κ2) is 4.62. The second-order valence-electron chi connectivity index (χ2n) is 5.64. The Labute approximate surface area is 117 Å². The quantitative estimate of drug-likeness (QED) is 0.848. The third-order valence-electron chi connectivity index (χ3n) is 4.45. The van der Waals surface area contributed by atoms with E-state index >= 15 is 0 Å². The topological polar surface area (TPSA) is 57.2 Å². The fraction of sp³-hybridized carbons (Fsp3) is 0.600. The Morgan fingerprint density at radius 1 is 1.10 bits per heavy atom. The molecule has 1 saturated heterocycles. The highest BCUT2D eigenvalue weighted by atomic mass is 16.7. The van der Waals surface area contributed by atoms with Crippen molar-refractivity contribution in [3.63, 3.8) is 0 Å². The highest BCUT2D eigenvalue weighted by Gasteiger charge is 2.45. The highest BCUT2D eigenvalue weighted by molar-refractivity contribution is 5.45. The van der Waals surface area contributed by atoms with Crippen molar-refractivity contribution in [2.75, 3.05) is 20.0 Å². The highest BCUT2D eigenvalue weighted by Crippen LogP contribution is 2.45. The Balaban J connectivity index is 1.62. The molecular weight excluding hydrogens is 260 g/mol. The minimum absolute atomic E-state index is 0.0105. The van der Waals surface area contributed by atoms with Crippen LogP contribution in [-0.4, -0.2) is 37.0 Å². The monoisotopic (exact) mass is 278 g/mol. The van der Waals surface area contributed by atoms with Crippen molar-refractivity contribution in [2.24, 2.45) is 0 Å². The summed E-state index contributed by atoms with van der Waals surface area (Å²) in [7, 11) is 0. The molecule has 0 amide bonds. The average Bonchev–Trinajstić information content (AvgIpc) is 3.10. The number of aliphatic hydroxyl groups is 1. The van der Waals surface area contributed by atoms with Crippen LogP contribution in [0.15, 0.2) is 18.2 Å². The minimum atomic E-state index is -0.500. The van der Waals surface area contributed by atoms with Crippen molar-refractivity contribution in [2.45, 2.75) is 37.1 Å². The lowest BCUT2D eigenvalue weighted by Crippen LogP contribution is -2.41. The summed E-state index contributed by atoms with van der Waals surface area (Å²) in [5.74, 6) is 1.03. The van der Waals surface area contributed by atoms with Gasteiger partial charge in [0.05, 0.1) is 19.3 Å². The lowest BCUT2D eigenvalue weighted by atomic mass is 9.78. The zero-order valence-electron chi connectivity index (χ0n) is 11.2. The third kappa shape index (κ3) is 1.97. The Morgan fingerprint density at radius 2 is 1.90 bits per heavy atom. The summed E-state index contributed by atoms with van der Waals surface area (Å²) in [5.41, 5.74) is 1.06. The lowest BCUT2D eigenvalue weighted by Gasteiger charge is -2.39.